The summed E-state index contributed by atoms with van der Waals surface area (Å²) in [5.74, 6) is -0.248. The third-order valence-electron chi connectivity index (χ3n) is 2.66. The van der Waals surface area contributed by atoms with Crippen molar-refractivity contribution >= 4 is 18.3 Å². The zero-order valence-corrected chi connectivity index (χ0v) is 14.1. The van der Waals surface area contributed by atoms with Gasteiger partial charge in [-0.1, -0.05) is 6.07 Å². The molecule has 0 spiro atoms. The second kappa shape index (κ2) is 8.40. The summed E-state index contributed by atoms with van der Waals surface area (Å²) in [4.78, 5) is 11.3. The minimum absolute atomic E-state index is 0. The van der Waals surface area contributed by atoms with Gasteiger partial charge in [0.05, 0.1) is 5.56 Å². The first-order valence-corrected chi connectivity index (χ1v) is 6.89. The van der Waals surface area contributed by atoms with Gasteiger partial charge in [-0.05, 0) is 38.5 Å². The molecule has 4 nitrogen and oxygen atoms in total. The van der Waals surface area contributed by atoms with Crippen LogP contribution in [0.3, 0.4) is 0 Å². The highest BCUT2D eigenvalue weighted by atomic mass is 35.5. The van der Waals surface area contributed by atoms with Gasteiger partial charge in [0.25, 0.3) is 0 Å². The standard InChI is InChI=1S/C15H21F3N2O2.ClH/c1-14(2,3)22-11-5-4-10(9-20-13(21)6-7-19)12(8-11)15(16,17)18;/h4-5,8H,6-7,9,19H2,1-3H3,(H,20,21);1H. The maximum Gasteiger partial charge on any atom is 0.416 e. The summed E-state index contributed by atoms with van der Waals surface area (Å²) in [6.45, 7) is 5.20. The Hall–Kier alpha value is -1.47. The summed E-state index contributed by atoms with van der Waals surface area (Å²) in [7, 11) is 0. The SMILES string of the molecule is CC(C)(C)Oc1ccc(CNC(=O)CCN)c(C(F)(F)F)c1.Cl. The summed E-state index contributed by atoms with van der Waals surface area (Å²) in [5.41, 5.74) is 3.79. The van der Waals surface area contributed by atoms with Crippen molar-refractivity contribution in [3.05, 3.63) is 29.3 Å². The van der Waals surface area contributed by atoms with Gasteiger partial charge in [-0.2, -0.15) is 13.2 Å². The highest BCUT2D eigenvalue weighted by Gasteiger charge is 2.34. The number of hydrogen-bond donors (Lipinski definition) is 2. The molecule has 0 radical (unpaired) electrons. The molecule has 0 unspecified atom stereocenters. The van der Waals surface area contributed by atoms with E-state index in [-0.39, 0.29) is 49.1 Å². The molecular weight excluding hydrogens is 333 g/mol. The molecule has 0 saturated heterocycles. The number of nitrogens with two attached hydrogens (primary N) is 1. The molecule has 0 aliphatic rings. The molecule has 3 N–H and O–H groups in total. The maximum absolute atomic E-state index is 13.1. The zero-order valence-electron chi connectivity index (χ0n) is 13.3. The Bertz CT molecular complexity index is 528. The monoisotopic (exact) mass is 354 g/mol. The van der Waals surface area contributed by atoms with Crippen LogP contribution >= 0.6 is 12.4 Å². The van der Waals surface area contributed by atoms with Crippen molar-refractivity contribution in [3.8, 4) is 5.75 Å². The molecule has 0 saturated carbocycles. The van der Waals surface area contributed by atoms with Crippen molar-refractivity contribution in [1.82, 2.24) is 5.32 Å². The van der Waals surface area contributed by atoms with Crippen LogP contribution in [0, 0.1) is 0 Å². The van der Waals surface area contributed by atoms with E-state index < -0.39 is 17.3 Å². The van der Waals surface area contributed by atoms with E-state index in [1.807, 2.05) is 0 Å². The summed E-state index contributed by atoms with van der Waals surface area (Å²) < 4.78 is 44.9. The summed E-state index contributed by atoms with van der Waals surface area (Å²) in [6.07, 6.45) is -4.45. The Morgan fingerprint density at radius 2 is 1.87 bits per heavy atom. The van der Waals surface area contributed by atoms with Crippen molar-refractivity contribution in [1.29, 1.82) is 0 Å². The number of hydrogen-bond acceptors (Lipinski definition) is 3. The van der Waals surface area contributed by atoms with E-state index in [2.05, 4.69) is 5.32 Å². The van der Waals surface area contributed by atoms with Crippen molar-refractivity contribution < 1.29 is 22.7 Å². The Kier molecular flexibility index (Phi) is 7.86. The number of carbonyl (C=O) groups excluding carboxylic acids is 1. The van der Waals surface area contributed by atoms with Crippen LogP contribution < -0.4 is 15.8 Å². The number of nitrogens with one attached hydrogen (secondary N) is 1. The van der Waals surface area contributed by atoms with Crippen molar-refractivity contribution in [2.45, 2.75) is 45.5 Å². The molecular formula is C15H22ClF3N2O2. The Morgan fingerprint density at radius 1 is 1.26 bits per heavy atom. The Balaban J connectivity index is 0.00000484. The zero-order chi connectivity index (χ0) is 17.0. The van der Waals surface area contributed by atoms with Gasteiger partial charge >= 0.3 is 6.18 Å². The van der Waals surface area contributed by atoms with Gasteiger partial charge in [0.2, 0.25) is 5.91 Å². The third kappa shape index (κ3) is 7.56. The molecule has 0 aliphatic heterocycles. The molecule has 0 aliphatic carbocycles. The molecule has 1 aromatic rings. The number of alkyl halides is 3. The smallest absolute Gasteiger partial charge is 0.416 e. The lowest BCUT2D eigenvalue weighted by Gasteiger charge is -2.23. The van der Waals surface area contributed by atoms with Gasteiger partial charge in [-0.25, -0.2) is 0 Å². The molecule has 0 atom stereocenters. The lowest BCUT2D eigenvalue weighted by atomic mass is 10.1. The predicted molar refractivity (Wildman–Crippen MR) is 84.6 cm³/mol. The van der Waals surface area contributed by atoms with Gasteiger partial charge in [-0.3, -0.25) is 4.79 Å². The maximum atomic E-state index is 13.1. The Morgan fingerprint density at radius 3 is 2.35 bits per heavy atom. The first-order valence-electron chi connectivity index (χ1n) is 6.89. The fourth-order valence-corrected chi connectivity index (χ4v) is 1.80. The lowest BCUT2D eigenvalue weighted by molar-refractivity contribution is -0.138. The van der Waals surface area contributed by atoms with E-state index in [0.717, 1.165) is 6.07 Å². The second-order valence-electron chi connectivity index (χ2n) is 5.85. The number of ether oxygens (including phenoxy) is 1. The summed E-state index contributed by atoms with van der Waals surface area (Å²) in [6, 6.07) is 3.73. The fraction of sp³-hybridized carbons (Fsp3) is 0.533. The number of amides is 1. The minimum Gasteiger partial charge on any atom is -0.488 e. The van der Waals surface area contributed by atoms with Gasteiger partial charge < -0.3 is 15.8 Å². The van der Waals surface area contributed by atoms with E-state index in [0.29, 0.717) is 0 Å². The van der Waals surface area contributed by atoms with E-state index in [1.54, 1.807) is 20.8 Å². The van der Waals surface area contributed by atoms with Crippen LogP contribution in [0.25, 0.3) is 0 Å². The molecule has 1 amide bonds. The second-order valence-corrected chi connectivity index (χ2v) is 5.85. The van der Waals surface area contributed by atoms with Crippen molar-refractivity contribution in [2.75, 3.05) is 6.54 Å². The predicted octanol–water partition coefficient (Wildman–Crippen LogP) is 3.27. The van der Waals surface area contributed by atoms with Crippen LogP contribution in [-0.2, 0) is 17.5 Å². The van der Waals surface area contributed by atoms with E-state index in [4.69, 9.17) is 10.5 Å². The van der Waals surface area contributed by atoms with Gasteiger partial charge in [-0.15, -0.1) is 12.4 Å². The lowest BCUT2D eigenvalue weighted by Crippen LogP contribution is -2.26. The molecule has 0 bridgehead atoms. The molecule has 8 heteroatoms. The van der Waals surface area contributed by atoms with Gasteiger partial charge in [0.1, 0.15) is 11.4 Å². The number of halogens is 4. The van der Waals surface area contributed by atoms with Crippen LogP contribution in [0.2, 0.25) is 0 Å². The highest BCUT2D eigenvalue weighted by molar-refractivity contribution is 5.85. The average molecular weight is 355 g/mol. The molecule has 132 valence electrons. The van der Waals surface area contributed by atoms with Crippen LogP contribution in [0.1, 0.15) is 38.3 Å². The van der Waals surface area contributed by atoms with Gasteiger partial charge in [0.15, 0.2) is 0 Å². The molecule has 0 fully saturated rings. The van der Waals surface area contributed by atoms with E-state index in [9.17, 15) is 18.0 Å². The van der Waals surface area contributed by atoms with E-state index >= 15 is 0 Å². The molecule has 0 heterocycles. The molecule has 0 aromatic heterocycles. The topological polar surface area (TPSA) is 64.3 Å². The average Bonchev–Trinajstić information content (AvgIpc) is 2.34. The van der Waals surface area contributed by atoms with Crippen LogP contribution in [0.5, 0.6) is 5.75 Å². The van der Waals surface area contributed by atoms with E-state index in [1.165, 1.54) is 12.1 Å². The van der Waals surface area contributed by atoms with Gasteiger partial charge in [0, 0.05) is 19.5 Å². The molecule has 23 heavy (non-hydrogen) atoms. The fourth-order valence-electron chi connectivity index (χ4n) is 1.80. The summed E-state index contributed by atoms with van der Waals surface area (Å²) in [5, 5.41) is 2.42. The highest BCUT2D eigenvalue weighted by Crippen LogP contribution is 2.35. The number of carbonyl (C=O) groups is 1. The van der Waals surface area contributed by atoms with Crippen LogP contribution in [0.15, 0.2) is 18.2 Å². The number of rotatable bonds is 5. The Labute approximate surface area is 140 Å². The normalized spacial score (nSPS) is 11.6. The van der Waals surface area contributed by atoms with Crippen molar-refractivity contribution in [2.24, 2.45) is 5.73 Å². The van der Waals surface area contributed by atoms with Crippen LogP contribution in [-0.4, -0.2) is 18.1 Å². The molecule has 1 aromatic carbocycles. The first-order chi connectivity index (χ1) is 10.0. The molecule has 1 rings (SSSR count). The largest absolute Gasteiger partial charge is 0.488 e. The van der Waals surface area contributed by atoms with Crippen molar-refractivity contribution in [3.63, 3.8) is 0 Å². The quantitative estimate of drug-likeness (QED) is 0.853. The summed E-state index contributed by atoms with van der Waals surface area (Å²) >= 11 is 0. The van der Waals surface area contributed by atoms with Crippen LogP contribution in [0.4, 0.5) is 13.2 Å². The first kappa shape index (κ1) is 21.5. The third-order valence-corrected chi connectivity index (χ3v) is 2.66. The minimum atomic E-state index is -4.52. The number of benzene rings is 1.